The van der Waals surface area contributed by atoms with Crippen molar-refractivity contribution in [3.63, 3.8) is 0 Å². The van der Waals surface area contributed by atoms with Crippen LogP contribution < -0.4 is 0 Å². The molecule has 20 heavy (non-hydrogen) atoms. The van der Waals surface area contributed by atoms with Gasteiger partial charge in [0.05, 0.1) is 6.61 Å². The molecule has 0 aliphatic carbocycles. The molecule has 1 aliphatic rings. The van der Waals surface area contributed by atoms with E-state index in [2.05, 4.69) is 0 Å². The van der Waals surface area contributed by atoms with Crippen molar-refractivity contribution in [1.82, 2.24) is 0 Å². The first-order valence-electron chi connectivity index (χ1n) is 6.47. The van der Waals surface area contributed by atoms with Gasteiger partial charge in [-0.3, -0.25) is 0 Å². The van der Waals surface area contributed by atoms with Crippen LogP contribution in [0.4, 0.5) is 4.39 Å². The number of carbonyl (C=O) groups is 1. The highest BCUT2D eigenvalue weighted by atomic mass is 19.1. The molecule has 0 radical (unpaired) electrons. The molecular formula is C17H13FO2. The maximum Gasteiger partial charge on any atom is 0.334 e. The molecule has 2 aromatic carbocycles. The lowest BCUT2D eigenvalue weighted by atomic mass is 9.92. The summed E-state index contributed by atoms with van der Waals surface area (Å²) in [4.78, 5) is 11.9. The number of ether oxygens (including phenoxy) is 1. The predicted molar refractivity (Wildman–Crippen MR) is 74.4 cm³/mol. The maximum absolute atomic E-state index is 13.1. The Hall–Kier alpha value is -2.42. The van der Waals surface area contributed by atoms with Crippen LogP contribution in [0, 0.1) is 5.82 Å². The average molecular weight is 268 g/mol. The SMILES string of the molecule is O=C1OCC/C1=C(/c1ccccc1)c1ccc(F)cc1. The summed E-state index contributed by atoms with van der Waals surface area (Å²) in [6.45, 7) is 0.408. The van der Waals surface area contributed by atoms with Gasteiger partial charge in [-0.25, -0.2) is 9.18 Å². The molecule has 1 fully saturated rings. The quantitative estimate of drug-likeness (QED) is 0.614. The number of esters is 1. The molecule has 3 heteroatoms. The van der Waals surface area contributed by atoms with E-state index in [1.165, 1.54) is 12.1 Å². The van der Waals surface area contributed by atoms with E-state index < -0.39 is 0 Å². The Morgan fingerprint density at radius 3 is 2.20 bits per heavy atom. The van der Waals surface area contributed by atoms with Gasteiger partial charge in [0.15, 0.2) is 0 Å². The van der Waals surface area contributed by atoms with Gasteiger partial charge in [-0.2, -0.15) is 0 Å². The van der Waals surface area contributed by atoms with E-state index >= 15 is 0 Å². The van der Waals surface area contributed by atoms with Crippen molar-refractivity contribution in [3.8, 4) is 0 Å². The molecule has 0 N–H and O–H groups in total. The van der Waals surface area contributed by atoms with E-state index in [0.717, 1.165) is 16.7 Å². The molecule has 2 aromatic rings. The van der Waals surface area contributed by atoms with Crippen LogP contribution in [0.2, 0.25) is 0 Å². The molecule has 0 atom stereocenters. The first kappa shape index (κ1) is 12.6. The maximum atomic E-state index is 13.1. The molecule has 1 saturated heterocycles. The Labute approximate surface area is 116 Å². The van der Waals surface area contributed by atoms with Crippen molar-refractivity contribution in [2.24, 2.45) is 0 Å². The Balaban J connectivity index is 2.19. The smallest absolute Gasteiger partial charge is 0.334 e. The van der Waals surface area contributed by atoms with Gasteiger partial charge in [0.1, 0.15) is 5.82 Å². The highest BCUT2D eigenvalue weighted by Crippen LogP contribution is 2.31. The van der Waals surface area contributed by atoms with Crippen molar-refractivity contribution in [2.75, 3.05) is 6.61 Å². The summed E-state index contributed by atoms with van der Waals surface area (Å²) in [6.07, 6.45) is 0.584. The normalized spacial score (nSPS) is 16.9. The van der Waals surface area contributed by atoms with Crippen molar-refractivity contribution in [3.05, 3.63) is 77.1 Å². The summed E-state index contributed by atoms with van der Waals surface area (Å²) in [7, 11) is 0. The molecule has 100 valence electrons. The zero-order chi connectivity index (χ0) is 13.9. The molecule has 2 nitrogen and oxygen atoms in total. The minimum Gasteiger partial charge on any atom is -0.462 e. The molecule has 0 saturated carbocycles. The Morgan fingerprint density at radius 1 is 0.950 bits per heavy atom. The van der Waals surface area contributed by atoms with E-state index in [9.17, 15) is 9.18 Å². The molecule has 0 amide bonds. The van der Waals surface area contributed by atoms with Crippen LogP contribution in [0.15, 0.2) is 60.2 Å². The van der Waals surface area contributed by atoms with Gasteiger partial charge in [-0.05, 0) is 28.8 Å². The van der Waals surface area contributed by atoms with Crippen LogP contribution in [-0.2, 0) is 9.53 Å². The van der Waals surface area contributed by atoms with E-state index in [0.29, 0.717) is 18.6 Å². The summed E-state index contributed by atoms with van der Waals surface area (Å²) in [5.74, 6) is -0.576. The fourth-order valence-electron chi connectivity index (χ4n) is 2.40. The highest BCUT2D eigenvalue weighted by Gasteiger charge is 2.24. The van der Waals surface area contributed by atoms with Crippen molar-refractivity contribution in [2.45, 2.75) is 6.42 Å². The second-order valence-corrected chi connectivity index (χ2v) is 4.61. The largest absolute Gasteiger partial charge is 0.462 e. The molecule has 0 aromatic heterocycles. The van der Waals surface area contributed by atoms with Gasteiger partial charge in [-0.1, -0.05) is 42.5 Å². The predicted octanol–water partition coefficient (Wildman–Crippen LogP) is 3.57. The Morgan fingerprint density at radius 2 is 1.60 bits per heavy atom. The third kappa shape index (κ3) is 2.35. The van der Waals surface area contributed by atoms with Crippen LogP contribution in [0.1, 0.15) is 17.5 Å². The lowest BCUT2D eigenvalue weighted by molar-refractivity contribution is -0.135. The van der Waals surface area contributed by atoms with Gasteiger partial charge in [0, 0.05) is 12.0 Å². The fraction of sp³-hybridized carbons (Fsp3) is 0.118. The van der Waals surface area contributed by atoms with Crippen LogP contribution >= 0.6 is 0 Å². The molecule has 1 aliphatic heterocycles. The first-order chi connectivity index (χ1) is 9.75. The fourth-order valence-corrected chi connectivity index (χ4v) is 2.40. The number of rotatable bonds is 2. The van der Waals surface area contributed by atoms with Crippen molar-refractivity contribution in [1.29, 1.82) is 0 Å². The first-order valence-corrected chi connectivity index (χ1v) is 6.47. The van der Waals surface area contributed by atoms with Gasteiger partial charge in [0.25, 0.3) is 0 Å². The van der Waals surface area contributed by atoms with Crippen molar-refractivity contribution >= 4 is 11.5 Å². The zero-order valence-corrected chi connectivity index (χ0v) is 10.8. The van der Waals surface area contributed by atoms with Crippen LogP contribution in [0.3, 0.4) is 0 Å². The minimum absolute atomic E-state index is 0.284. The Kier molecular flexibility index (Phi) is 3.33. The summed E-state index contributed by atoms with van der Waals surface area (Å²) in [5.41, 5.74) is 3.25. The highest BCUT2D eigenvalue weighted by molar-refractivity contribution is 6.02. The van der Waals surface area contributed by atoms with E-state index in [-0.39, 0.29) is 11.8 Å². The minimum atomic E-state index is -0.292. The van der Waals surface area contributed by atoms with E-state index in [1.54, 1.807) is 12.1 Å². The molecule has 0 bridgehead atoms. The number of carbonyl (C=O) groups excluding carboxylic acids is 1. The Bertz CT molecular complexity index is 657. The molecule has 0 unspecified atom stereocenters. The average Bonchev–Trinajstić information content (AvgIpc) is 2.89. The second kappa shape index (κ2) is 5.29. The molecule has 1 heterocycles. The van der Waals surface area contributed by atoms with Gasteiger partial charge in [-0.15, -0.1) is 0 Å². The topological polar surface area (TPSA) is 26.3 Å². The summed E-state index contributed by atoms with van der Waals surface area (Å²) >= 11 is 0. The van der Waals surface area contributed by atoms with Crippen LogP contribution in [0.25, 0.3) is 5.57 Å². The van der Waals surface area contributed by atoms with Crippen molar-refractivity contribution < 1.29 is 13.9 Å². The zero-order valence-electron chi connectivity index (χ0n) is 10.8. The lowest BCUT2D eigenvalue weighted by Crippen LogP contribution is -2.01. The molecular weight excluding hydrogens is 255 g/mol. The number of benzene rings is 2. The third-order valence-electron chi connectivity index (χ3n) is 3.33. The van der Waals surface area contributed by atoms with Crippen LogP contribution in [0.5, 0.6) is 0 Å². The third-order valence-corrected chi connectivity index (χ3v) is 3.33. The standard InChI is InChI=1S/C17H13FO2/c18-14-8-6-13(7-9-14)16(12-4-2-1-3-5-12)15-10-11-20-17(15)19/h1-9H,10-11H2/b16-15+. The van der Waals surface area contributed by atoms with E-state index in [1.807, 2.05) is 30.3 Å². The van der Waals surface area contributed by atoms with Gasteiger partial charge in [0.2, 0.25) is 0 Å². The van der Waals surface area contributed by atoms with Gasteiger partial charge < -0.3 is 4.74 Å². The number of cyclic esters (lactones) is 1. The number of hydrogen-bond acceptors (Lipinski definition) is 2. The molecule has 0 spiro atoms. The van der Waals surface area contributed by atoms with E-state index in [4.69, 9.17) is 4.74 Å². The second-order valence-electron chi connectivity index (χ2n) is 4.61. The molecule has 3 rings (SSSR count). The van der Waals surface area contributed by atoms with Crippen LogP contribution in [-0.4, -0.2) is 12.6 Å². The monoisotopic (exact) mass is 268 g/mol. The number of halogens is 1. The lowest BCUT2D eigenvalue weighted by Gasteiger charge is -2.10. The van der Waals surface area contributed by atoms with Gasteiger partial charge >= 0.3 is 5.97 Å². The summed E-state index contributed by atoms with van der Waals surface area (Å²) < 4.78 is 18.1. The summed E-state index contributed by atoms with van der Waals surface area (Å²) in [5, 5.41) is 0. The number of hydrogen-bond donors (Lipinski definition) is 0. The summed E-state index contributed by atoms with van der Waals surface area (Å²) in [6, 6.07) is 15.8.